The molecule has 196 valence electrons. The monoisotopic (exact) mass is 523 g/mol. The second kappa shape index (κ2) is 9.05. The number of aromatic nitrogens is 3. The third-order valence-corrected chi connectivity index (χ3v) is 6.38. The summed E-state index contributed by atoms with van der Waals surface area (Å²) in [4.78, 5) is 29.0. The van der Waals surface area contributed by atoms with E-state index < -0.39 is 23.3 Å². The predicted octanol–water partition coefficient (Wildman–Crippen LogP) is 5.01. The quantitative estimate of drug-likeness (QED) is 0.293. The molecule has 2 aromatic heterocycles. The Morgan fingerprint density at radius 3 is 2.34 bits per heavy atom. The Morgan fingerprint density at radius 2 is 1.71 bits per heavy atom. The summed E-state index contributed by atoms with van der Waals surface area (Å²) >= 11 is 0. The smallest absolute Gasteiger partial charge is 0.382 e. The van der Waals surface area contributed by atoms with E-state index in [0.717, 1.165) is 36.1 Å². The van der Waals surface area contributed by atoms with Gasteiger partial charge in [0, 0.05) is 25.3 Å². The summed E-state index contributed by atoms with van der Waals surface area (Å²) in [7, 11) is 1.74. The Balaban J connectivity index is 1.40. The van der Waals surface area contributed by atoms with Crippen molar-refractivity contribution in [3.8, 4) is 11.1 Å². The Morgan fingerprint density at radius 1 is 1.03 bits per heavy atom. The molecule has 0 aliphatic heterocycles. The van der Waals surface area contributed by atoms with Crippen molar-refractivity contribution in [1.29, 1.82) is 0 Å². The molecule has 12 heteroatoms. The third kappa shape index (κ3) is 4.84. The molecule has 0 bridgehead atoms. The molecule has 9 nitrogen and oxygen atoms in total. The van der Waals surface area contributed by atoms with Crippen LogP contribution in [0.1, 0.15) is 31.0 Å². The summed E-state index contributed by atoms with van der Waals surface area (Å²) in [6.07, 6.45) is -2.98. The lowest BCUT2D eigenvalue weighted by molar-refractivity contribution is -0.137. The highest BCUT2D eigenvalue weighted by molar-refractivity contribution is 6.02. The largest absolute Gasteiger partial charge is 0.416 e. The topological polar surface area (TPSA) is 127 Å². The van der Waals surface area contributed by atoms with Gasteiger partial charge in [-0.2, -0.15) is 18.3 Å². The van der Waals surface area contributed by atoms with E-state index in [2.05, 4.69) is 21.0 Å². The van der Waals surface area contributed by atoms with Gasteiger partial charge in [-0.25, -0.2) is 14.5 Å². The van der Waals surface area contributed by atoms with Crippen molar-refractivity contribution in [2.24, 2.45) is 7.05 Å². The second-order valence-corrected chi connectivity index (χ2v) is 9.26. The highest BCUT2D eigenvalue weighted by atomic mass is 19.4. The lowest BCUT2D eigenvalue weighted by Gasteiger charge is -2.18. The molecular weight excluding hydrogens is 499 g/mol. The van der Waals surface area contributed by atoms with E-state index in [-0.39, 0.29) is 11.6 Å². The number of urea groups is 1. The predicted molar refractivity (Wildman–Crippen MR) is 137 cm³/mol. The molecule has 4 aromatic rings. The average molecular weight is 524 g/mol. The minimum atomic E-state index is -4.51. The Hall–Kier alpha value is -4.61. The second-order valence-electron chi connectivity index (χ2n) is 9.26. The fraction of sp³-hybridized carbons (Fsp3) is 0.231. The summed E-state index contributed by atoms with van der Waals surface area (Å²) in [5.74, 6) is 0.165. The SMILES string of the molecule is CC(=O)NC1(c2cc(-c3ccc(NC(=O)Nc4cccc(C(F)(F)F)c4)cc3)c3c(N)nn(C)c3n2)CC1. The van der Waals surface area contributed by atoms with E-state index in [1.54, 1.807) is 36.0 Å². The summed E-state index contributed by atoms with van der Waals surface area (Å²) in [6.45, 7) is 1.47. The number of pyridine rings is 1. The number of nitrogens with one attached hydrogen (secondary N) is 3. The molecule has 0 saturated heterocycles. The number of fused-ring (bicyclic) bond motifs is 1. The van der Waals surface area contributed by atoms with Crippen LogP contribution in [0.5, 0.6) is 0 Å². The van der Waals surface area contributed by atoms with Crippen LogP contribution in [0.3, 0.4) is 0 Å². The molecule has 1 fully saturated rings. The molecule has 0 radical (unpaired) electrons. The number of amides is 3. The first kappa shape index (κ1) is 25.1. The van der Waals surface area contributed by atoms with E-state index in [0.29, 0.717) is 28.2 Å². The summed E-state index contributed by atoms with van der Waals surface area (Å²) in [5.41, 5.74) is 8.09. The van der Waals surface area contributed by atoms with Gasteiger partial charge >= 0.3 is 12.2 Å². The Bertz CT molecular complexity index is 1560. The van der Waals surface area contributed by atoms with E-state index in [9.17, 15) is 22.8 Å². The zero-order valence-electron chi connectivity index (χ0n) is 20.5. The van der Waals surface area contributed by atoms with Crippen LogP contribution in [-0.4, -0.2) is 26.7 Å². The van der Waals surface area contributed by atoms with Crippen LogP contribution in [0, 0.1) is 0 Å². The molecule has 1 aliphatic carbocycles. The van der Waals surface area contributed by atoms with Crippen LogP contribution in [0.2, 0.25) is 0 Å². The van der Waals surface area contributed by atoms with Crippen molar-refractivity contribution in [2.45, 2.75) is 31.5 Å². The van der Waals surface area contributed by atoms with Gasteiger partial charge in [0.25, 0.3) is 0 Å². The van der Waals surface area contributed by atoms with E-state index in [4.69, 9.17) is 10.7 Å². The molecular formula is C26H24F3N7O2. The number of benzene rings is 2. The summed E-state index contributed by atoms with van der Waals surface area (Å²) in [5, 5.41) is 13.0. The molecule has 38 heavy (non-hydrogen) atoms. The number of hydrogen-bond acceptors (Lipinski definition) is 5. The van der Waals surface area contributed by atoms with Crippen molar-refractivity contribution in [1.82, 2.24) is 20.1 Å². The number of nitrogens with zero attached hydrogens (tertiary/aromatic N) is 3. The zero-order chi connectivity index (χ0) is 27.2. The number of hydrogen-bond donors (Lipinski definition) is 4. The Labute approximate surface area is 215 Å². The van der Waals surface area contributed by atoms with Gasteiger partial charge in [0.15, 0.2) is 11.5 Å². The molecule has 2 aromatic carbocycles. The van der Waals surface area contributed by atoms with Crippen molar-refractivity contribution in [2.75, 3.05) is 16.4 Å². The molecule has 5 N–H and O–H groups in total. The first-order chi connectivity index (χ1) is 17.9. The molecule has 3 amide bonds. The first-order valence-electron chi connectivity index (χ1n) is 11.7. The number of halogens is 3. The number of rotatable bonds is 5. The number of carbonyl (C=O) groups excluding carboxylic acids is 2. The lowest BCUT2D eigenvalue weighted by Crippen LogP contribution is -2.33. The van der Waals surface area contributed by atoms with E-state index >= 15 is 0 Å². The molecule has 1 aliphatic rings. The highest BCUT2D eigenvalue weighted by Crippen LogP contribution is 2.47. The minimum absolute atomic E-state index is 0.0147. The van der Waals surface area contributed by atoms with Crippen LogP contribution in [-0.2, 0) is 23.6 Å². The molecule has 1 saturated carbocycles. The van der Waals surface area contributed by atoms with Crippen molar-refractivity contribution in [3.05, 3.63) is 65.9 Å². The standard InChI is InChI=1S/C26H24F3N7O2/c1-14(37)34-25(10-11-25)20-13-19(21-22(30)35-36(2)23(21)33-20)15-6-8-17(9-7-15)31-24(38)32-18-5-3-4-16(12-18)26(27,28)29/h3-9,12-13H,10-11H2,1-2H3,(H2,30,35)(H,34,37)(H2,31,32,38). The van der Waals surface area contributed by atoms with Gasteiger partial charge in [-0.05, 0) is 60.4 Å². The van der Waals surface area contributed by atoms with E-state index in [1.807, 2.05) is 6.07 Å². The van der Waals surface area contributed by atoms with Crippen LogP contribution in [0.25, 0.3) is 22.2 Å². The summed E-state index contributed by atoms with van der Waals surface area (Å²) < 4.78 is 40.4. The van der Waals surface area contributed by atoms with Gasteiger partial charge in [0.05, 0.1) is 22.2 Å². The molecule has 2 heterocycles. The van der Waals surface area contributed by atoms with Crippen LogP contribution < -0.4 is 21.7 Å². The van der Waals surface area contributed by atoms with Gasteiger partial charge in [0.1, 0.15) is 0 Å². The molecule has 0 spiro atoms. The van der Waals surface area contributed by atoms with Gasteiger partial charge in [-0.15, -0.1) is 0 Å². The Kier molecular flexibility index (Phi) is 5.97. The maximum atomic E-state index is 12.9. The first-order valence-corrected chi connectivity index (χ1v) is 11.7. The number of carbonyl (C=O) groups is 2. The molecule has 5 rings (SSSR count). The molecule has 0 atom stereocenters. The number of nitrogens with two attached hydrogens (primary N) is 1. The van der Waals surface area contributed by atoms with Crippen LogP contribution in [0.4, 0.5) is 35.2 Å². The fourth-order valence-corrected chi connectivity index (χ4v) is 4.46. The van der Waals surface area contributed by atoms with Gasteiger partial charge < -0.3 is 21.7 Å². The lowest BCUT2D eigenvalue weighted by atomic mass is 9.99. The van der Waals surface area contributed by atoms with Crippen molar-refractivity contribution < 1.29 is 22.8 Å². The number of alkyl halides is 3. The van der Waals surface area contributed by atoms with E-state index in [1.165, 1.54) is 19.1 Å². The number of anilines is 3. The number of aryl methyl sites for hydroxylation is 1. The zero-order valence-corrected chi connectivity index (χ0v) is 20.5. The average Bonchev–Trinajstić information content (AvgIpc) is 3.56. The third-order valence-electron chi connectivity index (χ3n) is 6.38. The van der Waals surface area contributed by atoms with Crippen molar-refractivity contribution in [3.63, 3.8) is 0 Å². The van der Waals surface area contributed by atoms with Crippen molar-refractivity contribution >= 4 is 40.2 Å². The van der Waals surface area contributed by atoms with Crippen LogP contribution in [0.15, 0.2) is 54.6 Å². The maximum absolute atomic E-state index is 12.9. The maximum Gasteiger partial charge on any atom is 0.416 e. The normalized spacial score (nSPS) is 14.2. The minimum Gasteiger partial charge on any atom is -0.382 e. The molecule has 0 unspecified atom stereocenters. The number of nitrogen functional groups attached to an aromatic ring is 1. The highest BCUT2D eigenvalue weighted by Gasteiger charge is 2.47. The van der Waals surface area contributed by atoms with Gasteiger partial charge in [-0.3, -0.25) is 4.79 Å². The fourth-order valence-electron chi connectivity index (χ4n) is 4.46. The van der Waals surface area contributed by atoms with Gasteiger partial charge in [0.2, 0.25) is 5.91 Å². The van der Waals surface area contributed by atoms with Crippen LogP contribution >= 0.6 is 0 Å². The summed E-state index contributed by atoms with van der Waals surface area (Å²) in [6, 6.07) is 12.5. The van der Waals surface area contributed by atoms with Gasteiger partial charge in [-0.1, -0.05) is 18.2 Å².